The summed E-state index contributed by atoms with van der Waals surface area (Å²) in [5.74, 6) is -1.25. The number of aromatic nitrogens is 3. The van der Waals surface area contributed by atoms with E-state index >= 15 is 4.39 Å². The van der Waals surface area contributed by atoms with E-state index in [-0.39, 0.29) is 36.8 Å². The number of pyridine rings is 1. The normalized spacial score (nSPS) is 12.9. The first-order valence-electron chi connectivity index (χ1n) is 14.3. The lowest BCUT2D eigenvalue weighted by Gasteiger charge is -2.18. The predicted molar refractivity (Wildman–Crippen MR) is 177 cm³/mol. The maximum absolute atomic E-state index is 15.9. The molecule has 4 rings (SSSR count). The number of hydrogen-bond donors (Lipinski definition) is 2. The van der Waals surface area contributed by atoms with Gasteiger partial charge in [0.2, 0.25) is 5.91 Å². The van der Waals surface area contributed by atoms with Crippen LogP contribution in [0, 0.1) is 0 Å². The van der Waals surface area contributed by atoms with Crippen LogP contribution in [0.4, 0.5) is 8.78 Å². The fourth-order valence-corrected chi connectivity index (χ4v) is 5.72. The van der Waals surface area contributed by atoms with Gasteiger partial charge in [0.1, 0.15) is 29.6 Å². The average molecular weight is 634 g/mol. The molecule has 3 heterocycles. The number of halogens is 2. The second kappa shape index (κ2) is 15.5. The molecule has 0 saturated carbocycles. The number of fused-ring (bicyclic) bond motifs is 1. The van der Waals surface area contributed by atoms with Crippen molar-refractivity contribution in [3.8, 4) is 22.6 Å². The molecule has 0 spiro atoms. The molecule has 0 saturated heterocycles. The summed E-state index contributed by atoms with van der Waals surface area (Å²) in [5, 5.41) is 13.0. The smallest absolute Gasteiger partial charge is 0.243 e. The van der Waals surface area contributed by atoms with Crippen molar-refractivity contribution >= 4 is 32.9 Å². The summed E-state index contributed by atoms with van der Waals surface area (Å²) < 4.78 is 40.8. The average Bonchev–Trinajstić information content (AvgIpc) is 3.71. The number of aromatic amines is 1. The quantitative estimate of drug-likeness (QED) is 0.0625. The van der Waals surface area contributed by atoms with Crippen molar-refractivity contribution in [2.45, 2.75) is 19.4 Å². The third-order valence-electron chi connectivity index (χ3n) is 7.05. The lowest BCUT2D eigenvalue weighted by molar-refractivity contribution is -0.117. The van der Waals surface area contributed by atoms with Crippen LogP contribution in [0.25, 0.3) is 38.3 Å². The Balaban J connectivity index is 1.99. The van der Waals surface area contributed by atoms with Gasteiger partial charge in [0.05, 0.1) is 35.9 Å². The number of carbonyl (C=O) groups is 1. The third kappa shape index (κ3) is 7.99. The zero-order valence-corrected chi connectivity index (χ0v) is 26.6. The van der Waals surface area contributed by atoms with Gasteiger partial charge >= 0.3 is 0 Å². The van der Waals surface area contributed by atoms with E-state index in [0.717, 1.165) is 29.5 Å². The maximum atomic E-state index is 15.9. The van der Waals surface area contributed by atoms with Crippen molar-refractivity contribution in [1.82, 2.24) is 25.4 Å². The second-order valence-corrected chi connectivity index (χ2v) is 11.4. The largest absolute Gasteiger partial charge is 0.491 e. The van der Waals surface area contributed by atoms with Gasteiger partial charge in [0, 0.05) is 40.9 Å². The number of thiophene rings is 1. The van der Waals surface area contributed by atoms with Gasteiger partial charge in [-0.3, -0.25) is 9.89 Å². The number of hydrogen-bond acceptors (Lipinski definition) is 7. The van der Waals surface area contributed by atoms with Crippen molar-refractivity contribution in [3.63, 3.8) is 0 Å². The zero-order chi connectivity index (χ0) is 32.5. The molecule has 0 aliphatic carbocycles. The van der Waals surface area contributed by atoms with Gasteiger partial charge in [0.25, 0.3) is 0 Å². The number of nitrogens with one attached hydrogen (secondary N) is 2. The van der Waals surface area contributed by atoms with Crippen LogP contribution in [0.2, 0.25) is 0 Å². The standard InChI is InChI=1S/C34H37F2N5O3S/c1-7-29(42)37-21(2)27-20-28(40-39-27)33-31(30(26(36)11-14-35)22(3)44-17-16-43-6)34-25(13-18-45-34)32(38-33)24-10-8-9-23(19-24)12-15-41(4)5/h7-11,13-14,18-21H,1,3,12,15-17H2,2,4-6H3,(H,37,42)(H,39,40)/b14-11+,30-26-/t21-/m1/s1. The molecule has 0 fully saturated rings. The lowest BCUT2D eigenvalue weighted by Crippen LogP contribution is -2.24. The molecule has 2 N–H and O–H groups in total. The molecule has 1 amide bonds. The van der Waals surface area contributed by atoms with Gasteiger partial charge in [-0.15, -0.1) is 11.3 Å². The molecule has 11 heteroatoms. The number of likely N-dealkylation sites (N-methyl/N-ethyl adjacent to an activating group) is 1. The minimum Gasteiger partial charge on any atom is -0.491 e. The molecule has 1 atom stereocenters. The molecular weight excluding hydrogens is 596 g/mol. The summed E-state index contributed by atoms with van der Waals surface area (Å²) in [6.07, 6.45) is 2.88. The van der Waals surface area contributed by atoms with E-state index in [1.165, 1.54) is 24.5 Å². The van der Waals surface area contributed by atoms with Crippen LogP contribution in [0.3, 0.4) is 0 Å². The highest BCUT2D eigenvalue weighted by Gasteiger charge is 2.27. The van der Waals surface area contributed by atoms with Crippen molar-refractivity contribution in [2.75, 3.05) is 41.0 Å². The van der Waals surface area contributed by atoms with Gasteiger partial charge in [-0.25, -0.2) is 13.8 Å². The summed E-state index contributed by atoms with van der Waals surface area (Å²) in [6, 6.07) is 11.4. The maximum Gasteiger partial charge on any atom is 0.243 e. The Bertz CT molecular complexity index is 1740. The fraction of sp³-hybridized carbons (Fsp3) is 0.265. The third-order valence-corrected chi connectivity index (χ3v) is 7.98. The van der Waals surface area contributed by atoms with E-state index in [2.05, 4.69) is 45.7 Å². The Morgan fingerprint density at radius 3 is 2.73 bits per heavy atom. The molecule has 1 aromatic carbocycles. The van der Waals surface area contributed by atoms with E-state index in [1.807, 2.05) is 37.7 Å². The van der Waals surface area contributed by atoms with Gasteiger partial charge in [0.15, 0.2) is 0 Å². The molecular formula is C34H37F2N5O3S. The van der Waals surface area contributed by atoms with Crippen molar-refractivity contribution in [2.24, 2.45) is 0 Å². The van der Waals surface area contributed by atoms with E-state index in [9.17, 15) is 9.18 Å². The Labute approximate surface area is 265 Å². The number of carbonyl (C=O) groups excluding carboxylic acids is 1. The zero-order valence-electron chi connectivity index (χ0n) is 25.8. The first kappa shape index (κ1) is 33.4. The summed E-state index contributed by atoms with van der Waals surface area (Å²) in [4.78, 5) is 19.2. The van der Waals surface area contributed by atoms with Crippen molar-refractivity contribution in [3.05, 3.63) is 102 Å². The van der Waals surface area contributed by atoms with Crippen LogP contribution in [-0.4, -0.2) is 67.0 Å². The summed E-state index contributed by atoms with van der Waals surface area (Å²) in [6.45, 7) is 10.5. The second-order valence-electron chi connectivity index (χ2n) is 10.5. The van der Waals surface area contributed by atoms with Crippen LogP contribution in [-0.2, 0) is 20.7 Å². The number of H-pyrrole nitrogens is 1. The van der Waals surface area contributed by atoms with E-state index < -0.39 is 11.9 Å². The topological polar surface area (TPSA) is 92.4 Å². The van der Waals surface area contributed by atoms with Crippen LogP contribution >= 0.6 is 11.3 Å². The molecule has 45 heavy (non-hydrogen) atoms. The van der Waals surface area contributed by atoms with Crippen molar-refractivity contribution < 1.29 is 23.0 Å². The van der Waals surface area contributed by atoms with Gasteiger partial charge < -0.3 is 19.7 Å². The number of allylic oxidation sites excluding steroid dienone is 3. The minimum absolute atomic E-state index is 0.0128. The monoisotopic (exact) mass is 633 g/mol. The van der Waals surface area contributed by atoms with Crippen LogP contribution in [0.5, 0.6) is 0 Å². The van der Waals surface area contributed by atoms with Gasteiger partial charge in [-0.1, -0.05) is 31.4 Å². The molecule has 0 radical (unpaired) electrons. The molecule has 8 nitrogen and oxygen atoms in total. The Morgan fingerprint density at radius 2 is 2.02 bits per heavy atom. The number of rotatable bonds is 15. The predicted octanol–water partition coefficient (Wildman–Crippen LogP) is 7.16. The fourth-order valence-electron chi connectivity index (χ4n) is 4.77. The number of nitrogens with zero attached hydrogens (tertiary/aromatic N) is 3. The number of benzene rings is 1. The van der Waals surface area contributed by atoms with Gasteiger partial charge in [-0.2, -0.15) is 5.10 Å². The molecule has 3 aromatic heterocycles. The van der Waals surface area contributed by atoms with Gasteiger partial charge in [-0.05, 0) is 62.7 Å². The van der Waals surface area contributed by atoms with E-state index in [0.29, 0.717) is 39.1 Å². The lowest BCUT2D eigenvalue weighted by atomic mass is 9.95. The van der Waals surface area contributed by atoms with Crippen LogP contribution in [0.1, 0.15) is 29.8 Å². The minimum atomic E-state index is -0.890. The van der Waals surface area contributed by atoms with Crippen LogP contribution in [0.15, 0.2) is 85.0 Å². The number of methoxy groups -OCH3 is 1. The Hall–Kier alpha value is -4.45. The van der Waals surface area contributed by atoms with E-state index in [1.54, 1.807) is 13.0 Å². The first-order valence-corrected chi connectivity index (χ1v) is 15.2. The first-order chi connectivity index (χ1) is 21.7. The van der Waals surface area contributed by atoms with E-state index in [4.69, 9.17) is 14.5 Å². The number of ether oxygens (including phenoxy) is 2. The molecule has 0 aliphatic heterocycles. The Kier molecular flexibility index (Phi) is 11.5. The Morgan fingerprint density at radius 1 is 1.22 bits per heavy atom. The molecule has 0 unspecified atom stereocenters. The summed E-state index contributed by atoms with van der Waals surface area (Å²) in [7, 11) is 5.58. The van der Waals surface area contributed by atoms with Crippen molar-refractivity contribution in [1.29, 1.82) is 0 Å². The number of amides is 1. The summed E-state index contributed by atoms with van der Waals surface area (Å²) in [5.41, 5.74) is 4.32. The highest BCUT2D eigenvalue weighted by molar-refractivity contribution is 7.17. The molecule has 0 bridgehead atoms. The highest BCUT2D eigenvalue weighted by Crippen LogP contribution is 2.44. The molecule has 0 aliphatic rings. The SMILES string of the molecule is C=CC(=O)N[C@H](C)c1cc(-c2nc(-c3cccc(CCN(C)C)c3)c3ccsc3c2/C(C(=C)OCCOC)=C(F)/C=C/F)n[nH]1. The molecule has 4 aromatic rings. The highest BCUT2D eigenvalue weighted by atomic mass is 32.1. The summed E-state index contributed by atoms with van der Waals surface area (Å²) >= 11 is 1.39. The van der Waals surface area contributed by atoms with Crippen LogP contribution < -0.4 is 5.32 Å². The molecule has 236 valence electrons.